The van der Waals surface area contributed by atoms with Gasteiger partial charge in [0.05, 0.1) is 16.1 Å². The van der Waals surface area contributed by atoms with Crippen LogP contribution in [0.3, 0.4) is 0 Å². The molecule has 0 aromatic heterocycles. The maximum atomic E-state index is 8.83. The number of hydrogen-bond donors (Lipinski definition) is 1. The van der Waals surface area contributed by atoms with E-state index in [9.17, 15) is 0 Å². The van der Waals surface area contributed by atoms with Gasteiger partial charge in [-0.2, -0.15) is 5.26 Å². The van der Waals surface area contributed by atoms with E-state index in [1.165, 1.54) is 0 Å². The van der Waals surface area contributed by atoms with Crippen molar-refractivity contribution in [2.24, 2.45) is 5.92 Å². The highest BCUT2D eigenvalue weighted by Crippen LogP contribution is 2.29. The van der Waals surface area contributed by atoms with Crippen molar-refractivity contribution < 1.29 is 0 Å². The molecule has 2 nitrogen and oxygen atoms in total. The monoisotopic (exact) mass is 268 g/mol. The fraction of sp³-hybridized carbons (Fsp3) is 0.462. The molecular weight excluding hydrogens is 255 g/mol. The smallest absolute Gasteiger partial charge is 0.0655 e. The van der Waals surface area contributed by atoms with Crippen LogP contribution >= 0.6 is 23.2 Å². The van der Waals surface area contributed by atoms with E-state index in [2.05, 4.69) is 11.4 Å². The zero-order valence-electron chi connectivity index (χ0n) is 9.42. The van der Waals surface area contributed by atoms with Gasteiger partial charge in [0.2, 0.25) is 0 Å². The number of benzene rings is 1. The lowest BCUT2D eigenvalue weighted by Crippen LogP contribution is -2.25. The number of hydrogen-bond acceptors (Lipinski definition) is 2. The second-order valence-electron chi connectivity index (χ2n) is 4.45. The van der Waals surface area contributed by atoms with E-state index in [0.717, 1.165) is 31.4 Å². The Morgan fingerprint density at radius 2 is 1.82 bits per heavy atom. The average Bonchev–Trinajstić information content (AvgIpc) is 2.35. The minimum absolute atomic E-state index is 0.238. The third-order valence-electron chi connectivity index (χ3n) is 3.20. The van der Waals surface area contributed by atoms with Crippen LogP contribution in [0.15, 0.2) is 18.2 Å². The van der Waals surface area contributed by atoms with Gasteiger partial charge in [-0.1, -0.05) is 23.2 Å². The molecule has 1 fully saturated rings. The highest BCUT2D eigenvalue weighted by molar-refractivity contribution is 6.42. The Labute approximate surface area is 112 Å². The average molecular weight is 269 g/mol. The fourth-order valence-electron chi connectivity index (χ4n) is 2.19. The van der Waals surface area contributed by atoms with Crippen LogP contribution < -0.4 is 5.32 Å². The van der Waals surface area contributed by atoms with Crippen molar-refractivity contribution in [3.63, 3.8) is 0 Å². The van der Waals surface area contributed by atoms with Gasteiger partial charge in [0.1, 0.15) is 0 Å². The summed E-state index contributed by atoms with van der Waals surface area (Å²) in [5.41, 5.74) is 1.000. The van der Waals surface area contributed by atoms with Crippen molar-refractivity contribution in [1.29, 1.82) is 5.26 Å². The summed E-state index contributed by atoms with van der Waals surface area (Å²) in [7, 11) is 0. The van der Waals surface area contributed by atoms with Gasteiger partial charge in [-0.05, 0) is 43.9 Å². The molecular formula is C13H14Cl2N2. The highest BCUT2D eigenvalue weighted by Gasteiger charge is 2.20. The summed E-state index contributed by atoms with van der Waals surface area (Å²) < 4.78 is 0. The van der Waals surface area contributed by atoms with Crippen molar-refractivity contribution in [2.45, 2.75) is 31.7 Å². The van der Waals surface area contributed by atoms with Crippen LogP contribution in [0.4, 0.5) is 5.69 Å². The van der Waals surface area contributed by atoms with Gasteiger partial charge in [0.15, 0.2) is 0 Å². The molecule has 1 aliphatic carbocycles. The zero-order valence-corrected chi connectivity index (χ0v) is 10.9. The molecule has 1 aromatic carbocycles. The van der Waals surface area contributed by atoms with Crippen LogP contribution in [0.5, 0.6) is 0 Å². The van der Waals surface area contributed by atoms with E-state index in [1.807, 2.05) is 12.1 Å². The van der Waals surface area contributed by atoms with Crippen LogP contribution in [-0.4, -0.2) is 6.04 Å². The normalized spacial score (nSPS) is 24.1. The Balaban J connectivity index is 1.93. The number of anilines is 1. The maximum Gasteiger partial charge on any atom is 0.0655 e. The van der Waals surface area contributed by atoms with Gasteiger partial charge in [-0.25, -0.2) is 0 Å². The lowest BCUT2D eigenvalue weighted by Gasteiger charge is -2.26. The fourth-order valence-corrected chi connectivity index (χ4v) is 2.49. The van der Waals surface area contributed by atoms with Gasteiger partial charge >= 0.3 is 0 Å². The standard InChI is InChI=1S/C13H14Cl2N2/c14-12-6-5-11(7-13(12)15)17-10-3-1-9(8-16)2-4-10/h5-7,9-10,17H,1-4H2. The Kier molecular flexibility index (Phi) is 4.15. The van der Waals surface area contributed by atoms with Crippen LogP contribution in [0.1, 0.15) is 25.7 Å². The molecule has 1 aliphatic rings. The molecule has 90 valence electrons. The van der Waals surface area contributed by atoms with Gasteiger partial charge in [-0.3, -0.25) is 0 Å². The number of nitrogens with zero attached hydrogens (tertiary/aromatic N) is 1. The topological polar surface area (TPSA) is 35.8 Å². The van der Waals surface area contributed by atoms with Gasteiger partial charge < -0.3 is 5.32 Å². The predicted octanol–water partition coefficient (Wildman–Crippen LogP) is 4.49. The molecule has 0 bridgehead atoms. The summed E-state index contributed by atoms with van der Waals surface area (Å²) in [5.74, 6) is 0.238. The van der Waals surface area contributed by atoms with Gasteiger partial charge in [0.25, 0.3) is 0 Å². The van der Waals surface area contributed by atoms with Crippen molar-refractivity contribution in [3.05, 3.63) is 28.2 Å². The molecule has 0 radical (unpaired) electrons. The summed E-state index contributed by atoms with van der Waals surface area (Å²) in [4.78, 5) is 0. The SMILES string of the molecule is N#CC1CCC(Nc2ccc(Cl)c(Cl)c2)CC1. The first-order valence-electron chi connectivity index (χ1n) is 5.80. The quantitative estimate of drug-likeness (QED) is 0.858. The molecule has 1 saturated carbocycles. The lowest BCUT2D eigenvalue weighted by molar-refractivity contribution is 0.397. The van der Waals surface area contributed by atoms with Crippen LogP contribution in [0, 0.1) is 17.2 Å². The van der Waals surface area contributed by atoms with E-state index < -0.39 is 0 Å². The Bertz CT molecular complexity index is 432. The van der Waals surface area contributed by atoms with E-state index in [4.69, 9.17) is 28.5 Å². The minimum atomic E-state index is 0.238. The molecule has 2 rings (SSSR count). The van der Waals surface area contributed by atoms with E-state index in [0.29, 0.717) is 16.1 Å². The van der Waals surface area contributed by atoms with Crippen molar-refractivity contribution in [2.75, 3.05) is 5.32 Å². The minimum Gasteiger partial charge on any atom is -0.382 e. The summed E-state index contributed by atoms with van der Waals surface area (Å²) in [5, 5.41) is 13.4. The lowest BCUT2D eigenvalue weighted by atomic mass is 9.87. The molecule has 4 heteroatoms. The summed E-state index contributed by atoms with van der Waals surface area (Å²) in [6.07, 6.45) is 4.04. The number of rotatable bonds is 2. The van der Waals surface area contributed by atoms with Crippen LogP contribution in [-0.2, 0) is 0 Å². The van der Waals surface area contributed by atoms with Gasteiger partial charge in [-0.15, -0.1) is 0 Å². The largest absolute Gasteiger partial charge is 0.382 e. The molecule has 0 unspecified atom stereocenters. The summed E-state index contributed by atoms with van der Waals surface area (Å²) >= 11 is 11.8. The molecule has 0 aliphatic heterocycles. The van der Waals surface area contributed by atoms with Crippen LogP contribution in [0.25, 0.3) is 0 Å². The van der Waals surface area contributed by atoms with E-state index in [1.54, 1.807) is 6.07 Å². The molecule has 17 heavy (non-hydrogen) atoms. The Morgan fingerprint density at radius 1 is 1.12 bits per heavy atom. The number of nitriles is 1. The second-order valence-corrected chi connectivity index (χ2v) is 5.27. The molecule has 1 N–H and O–H groups in total. The molecule has 0 atom stereocenters. The first-order valence-corrected chi connectivity index (χ1v) is 6.56. The number of nitrogens with one attached hydrogen (secondary N) is 1. The van der Waals surface area contributed by atoms with Gasteiger partial charge in [0, 0.05) is 17.6 Å². The molecule has 0 saturated heterocycles. The third-order valence-corrected chi connectivity index (χ3v) is 3.94. The van der Waals surface area contributed by atoms with E-state index in [-0.39, 0.29) is 5.92 Å². The molecule has 0 amide bonds. The van der Waals surface area contributed by atoms with Crippen molar-refractivity contribution in [3.8, 4) is 6.07 Å². The molecule has 1 aromatic rings. The summed E-state index contributed by atoms with van der Waals surface area (Å²) in [6.45, 7) is 0. The highest BCUT2D eigenvalue weighted by atomic mass is 35.5. The predicted molar refractivity (Wildman–Crippen MR) is 71.4 cm³/mol. The second kappa shape index (κ2) is 5.62. The van der Waals surface area contributed by atoms with Crippen molar-refractivity contribution >= 4 is 28.9 Å². The third kappa shape index (κ3) is 3.28. The maximum absolute atomic E-state index is 8.83. The molecule has 0 heterocycles. The zero-order chi connectivity index (χ0) is 12.3. The first-order chi connectivity index (χ1) is 8.19. The van der Waals surface area contributed by atoms with Crippen molar-refractivity contribution in [1.82, 2.24) is 0 Å². The molecule has 0 spiro atoms. The summed E-state index contributed by atoms with van der Waals surface area (Å²) in [6, 6.07) is 8.36. The van der Waals surface area contributed by atoms with Crippen LogP contribution in [0.2, 0.25) is 10.0 Å². The van der Waals surface area contributed by atoms with E-state index >= 15 is 0 Å². The Morgan fingerprint density at radius 3 is 2.41 bits per heavy atom. The number of halogens is 2. The first kappa shape index (κ1) is 12.5. The Hall–Kier alpha value is -0.910.